The van der Waals surface area contributed by atoms with E-state index in [0.29, 0.717) is 0 Å². The molecule has 2 aromatic rings. The standard InChI is InChI=1S/C9H4ClF4N3/c10-2-6-16-15-3-17(6)9-7(13)4(11)1-5(12)8(9)14/h1,3H,2H2. The lowest BCUT2D eigenvalue weighted by Gasteiger charge is -2.08. The molecule has 1 aromatic heterocycles. The minimum Gasteiger partial charge on any atom is -0.279 e. The van der Waals surface area contributed by atoms with Crippen molar-refractivity contribution >= 4 is 11.6 Å². The summed E-state index contributed by atoms with van der Waals surface area (Å²) in [5, 5.41) is 6.82. The van der Waals surface area contributed by atoms with Crippen LogP contribution in [0.5, 0.6) is 0 Å². The number of hydrogen-bond donors (Lipinski definition) is 0. The summed E-state index contributed by atoms with van der Waals surface area (Å²) in [5.41, 5.74) is -0.928. The molecule has 3 nitrogen and oxygen atoms in total. The van der Waals surface area contributed by atoms with Gasteiger partial charge in [0.1, 0.15) is 12.0 Å². The third kappa shape index (κ3) is 1.86. The molecule has 0 bridgehead atoms. The van der Waals surface area contributed by atoms with E-state index in [9.17, 15) is 17.6 Å². The fourth-order valence-corrected chi connectivity index (χ4v) is 1.49. The molecule has 17 heavy (non-hydrogen) atoms. The van der Waals surface area contributed by atoms with Gasteiger partial charge in [0.2, 0.25) is 0 Å². The lowest BCUT2D eigenvalue weighted by Crippen LogP contribution is -2.08. The SMILES string of the molecule is Fc1cc(F)c(F)c(-n2cnnc2CCl)c1F. The first-order valence-electron chi connectivity index (χ1n) is 4.34. The van der Waals surface area contributed by atoms with Crippen LogP contribution in [-0.4, -0.2) is 14.8 Å². The normalized spacial score (nSPS) is 10.9. The molecule has 0 spiro atoms. The molecule has 0 amide bonds. The van der Waals surface area contributed by atoms with Gasteiger partial charge in [-0.3, -0.25) is 4.57 Å². The van der Waals surface area contributed by atoms with Gasteiger partial charge in [-0.25, -0.2) is 17.6 Å². The van der Waals surface area contributed by atoms with Gasteiger partial charge in [-0.05, 0) is 0 Å². The van der Waals surface area contributed by atoms with Gasteiger partial charge in [-0.15, -0.1) is 21.8 Å². The lowest BCUT2D eigenvalue weighted by molar-refractivity contribution is 0.447. The Morgan fingerprint density at radius 3 is 2.24 bits per heavy atom. The second-order valence-corrected chi connectivity index (χ2v) is 3.33. The predicted molar refractivity (Wildman–Crippen MR) is 50.7 cm³/mol. The van der Waals surface area contributed by atoms with E-state index in [1.807, 2.05) is 0 Å². The third-order valence-corrected chi connectivity index (χ3v) is 2.31. The van der Waals surface area contributed by atoms with Gasteiger partial charge < -0.3 is 0 Å². The molecule has 0 saturated carbocycles. The molecule has 90 valence electrons. The predicted octanol–water partition coefficient (Wildman–Crippen LogP) is 2.56. The van der Waals surface area contributed by atoms with E-state index >= 15 is 0 Å². The molecule has 0 fully saturated rings. The van der Waals surface area contributed by atoms with Crippen LogP contribution in [-0.2, 0) is 5.88 Å². The molecule has 0 radical (unpaired) electrons. The fourth-order valence-electron chi connectivity index (χ4n) is 1.31. The summed E-state index contributed by atoms with van der Waals surface area (Å²) in [6.07, 6.45) is 0.915. The minimum atomic E-state index is -1.53. The van der Waals surface area contributed by atoms with Crippen molar-refractivity contribution in [1.29, 1.82) is 0 Å². The molecular formula is C9H4ClF4N3. The van der Waals surface area contributed by atoms with E-state index in [1.54, 1.807) is 0 Å². The van der Waals surface area contributed by atoms with Gasteiger partial charge in [0.25, 0.3) is 0 Å². The topological polar surface area (TPSA) is 30.7 Å². The average molecular weight is 266 g/mol. The number of halogens is 5. The van der Waals surface area contributed by atoms with Gasteiger partial charge in [0.05, 0.1) is 5.88 Å². The maximum absolute atomic E-state index is 13.4. The van der Waals surface area contributed by atoms with Crippen molar-refractivity contribution < 1.29 is 17.6 Å². The van der Waals surface area contributed by atoms with E-state index in [4.69, 9.17) is 11.6 Å². The highest BCUT2D eigenvalue weighted by molar-refractivity contribution is 6.16. The Kier molecular flexibility index (Phi) is 3.01. The highest BCUT2D eigenvalue weighted by Crippen LogP contribution is 2.24. The van der Waals surface area contributed by atoms with Gasteiger partial charge in [0, 0.05) is 6.07 Å². The number of rotatable bonds is 2. The van der Waals surface area contributed by atoms with E-state index in [2.05, 4.69) is 10.2 Å². The molecule has 2 rings (SSSR count). The smallest absolute Gasteiger partial charge is 0.186 e. The Balaban J connectivity index is 2.75. The molecule has 1 aromatic carbocycles. The van der Waals surface area contributed by atoms with Crippen LogP contribution in [0.15, 0.2) is 12.4 Å². The molecule has 8 heteroatoms. The Labute approximate surface area is 97.6 Å². The van der Waals surface area contributed by atoms with Crippen molar-refractivity contribution in [3.8, 4) is 5.69 Å². The largest absolute Gasteiger partial charge is 0.279 e. The van der Waals surface area contributed by atoms with E-state index in [-0.39, 0.29) is 17.8 Å². The second-order valence-electron chi connectivity index (χ2n) is 3.07. The van der Waals surface area contributed by atoms with Crippen LogP contribution in [0.25, 0.3) is 5.69 Å². The van der Waals surface area contributed by atoms with Crippen molar-refractivity contribution in [2.24, 2.45) is 0 Å². The molecule has 0 unspecified atom stereocenters. The van der Waals surface area contributed by atoms with Crippen LogP contribution >= 0.6 is 11.6 Å². The van der Waals surface area contributed by atoms with Gasteiger partial charge in [0.15, 0.2) is 29.1 Å². The zero-order valence-corrected chi connectivity index (χ0v) is 8.85. The van der Waals surface area contributed by atoms with Gasteiger partial charge in [-0.2, -0.15) is 0 Å². The molecule has 0 atom stereocenters. The summed E-state index contributed by atoms with van der Waals surface area (Å²) < 4.78 is 53.6. The van der Waals surface area contributed by atoms with Crippen LogP contribution in [0.1, 0.15) is 5.82 Å². The third-order valence-electron chi connectivity index (χ3n) is 2.07. The summed E-state index contributed by atoms with van der Waals surface area (Å²) >= 11 is 5.45. The van der Waals surface area contributed by atoms with E-state index in [1.165, 1.54) is 0 Å². The maximum Gasteiger partial charge on any atom is 0.186 e. The molecule has 0 N–H and O–H groups in total. The summed E-state index contributed by atoms with van der Waals surface area (Å²) in [4.78, 5) is 0. The molecule has 1 heterocycles. The van der Waals surface area contributed by atoms with Crippen molar-refractivity contribution in [3.63, 3.8) is 0 Å². The van der Waals surface area contributed by atoms with Crippen LogP contribution in [0.4, 0.5) is 17.6 Å². The molecule has 0 aliphatic heterocycles. The first kappa shape index (κ1) is 11.8. The minimum absolute atomic E-state index is 0.0329. The summed E-state index contributed by atoms with van der Waals surface area (Å²) in [5.74, 6) is -6.32. The number of nitrogens with zero attached hydrogens (tertiary/aromatic N) is 3. The number of hydrogen-bond acceptors (Lipinski definition) is 2. The van der Waals surface area contributed by atoms with Crippen LogP contribution in [0.3, 0.4) is 0 Å². The Morgan fingerprint density at radius 1 is 1.12 bits per heavy atom. The summed E-state index contributed by atoms with van der Waals surface area (Å²) in [7, 11) is 0. The number of aromatic nitrogens is 3. The summed E-state index contributed by atoms with van der Waals surface area (Å²) in [6.45, 7) is 0. The lowest BCUT2D eigenvalue weighted by atomic mass is 10.2. The van der Waals surface area contributed by atoms with Crippen molar-refractivity contribution in [1.82, 2.24) is 14.8 Å². The van der Waals surface area contributed by atoms with Crippen molar-refractivity contribution in [3.05, 3.63) is 41.5 Å². The van der Waals surface area contributed by atoms with Gasteiger partial charge >= 0.3 is 0 Å². The van der Waals surface area contributed by atoms with Crippen LogP contribution in [0, 0.1) is 23.3 Å². The molecule has 0 aliphatic carbocycles. The summed E-state index contributed by atoms with van der Waals surface area (Å²) in [6, 6.07) is 0.124. The maximum atomic E-state index is 13.4. The van der Waals surface area contributed by atoms with Crippen LogP contribution < -0.4 is 0 Å². The zero-order valence-electron chi connectivity index (χ0n) is 8.09. The van der Waals surface area contributed by atoms with E-state index in [0.717, 1.165) is 10.9 Å². The van der Waals surface area contributed by atoms with Crippen molar-refractivity contribution in [2.75, 3.05) is 0 Å². The molecule has 0 saturated heterocycles. The highest BCUT2D eigenvalue weighted by atomic mass is 35.5. The Hall–Kier alpha value is -1.63. The highest BCUT2D eigenvalue weighted by Gasteiger charge is 2.22. The Morgan fingerprint density at radius 2 is 1.71 bits per heavy atom. The Bertz CT molecular complexity index is 543. The first-order chi connectivity index (χ1) is 8.06. The number of alkyl halides is 1. The molecule has 0 aliphatic rings. The van der Waals surface area contributed by atoms with Crippen LogP contribution in [0.2, 0.25) is 0 Å². The molecular weight excluding hydrogens is 262 g/mol. The monoisotopic (exact) mass is 265 g/mol. The fraction of sp³-hybridized carbons (Fsp3) is 0.111. The van der Waals surface area contributed by atoms with E-state index < -0.39 is 29.0 Å². The second kappa shape index (κ2) is 4.33. The zero-order chi connectivity index (χ0) is 12.6. The van der Waals surface area contributed by atoms with Crippen molar-refractivity contribution in [2.45, 2.75) is 5.88 Å². The average Bonchev–Trinajstić information content (AvgIpc) is 2.75. The number of benzene rings is 1. The quantitative estimate of drug-likeness (QED) is 0.475. The first-order valence-corrected chi connectivity index (χ1v) is 4.88. The van der Waals surface area contributed by atoms with Gasteiger partial charge in [-0.1, -0.05) is 0 Å².